The Kier molecular flexibility index (Phi) is 7.11. The lowest BCUT2D eigenvalue weighted by Crippen LogP contribution is -2.08. The van der Waals surface area contributed by atoms with Gasteiger partial charge in [-0.25, -0.2) is 9.78 Å². The molecule has 6 nitrogen and oxygen atoms in total. The first-order valence-corrected chi connectivity index (χ1v) is 9.75. The topological polar surface area (TPSA) is 82.6 Å². The standard InChI is InChI=1S/C20H21NO5S/c1-15-8-12-18(13-9-15)27(23,24)26-14-6-4-5-7-17-11-10-16(2)19(21-17)20(22)25-3/h8-13H,4,6,14H2,1-3H3. The minimum absolute atomic E-state index is 0.0413. The molecule has 0 spiro atoms. The predicted octanol–water partition coefficient (Wildman–Crippen LogP) is 3.02. The summed E-state index contributed by atoms with van der Waals surface area (Å²) in [4.78, 5) is 15.9. The molecule has 0 aliphatic heterocycles. The molecule has 0 saturated heterocycles. The van der Waals surface area contributed by atoms with Crippen LogP contribution in [0, 0.1) is 25.7 Å². The SMILES string of the molecule is COC(=O)c1nc(C#CCCCOS(=O)(=O)c2ccc(C)cc2)ccc1C. The number of hydrogen-bond acceptors (Lipinski definition) is 6. The summed E-state index contributed by atoms with van der Waals surface area (Å²) in [5, 5.41) is 0. The van der Waals surface area contributed by atoms with Crippen LogP contribution in [0.15, 0.2) is 41.3 Å². The van der Waals surface area contributed by atoms with Crippen LogP contribution < -0.4 is 0 Å². The zero-order chi connectivity index (χ0) is 19.9. The fourth-order valence-electron chi connectivity index (χ4n) is 2.16. The number of ether oxygens (including phenoxy) is 1. The molecule has 0 aliphatic carbocycles. The molecule has 7 heteroatoms. The van der Waals surface area contributed by atoms with Crippen molar-refractivity contribution in [2.75, 3.05) is 13.7 Å². The molecule has 0 aliphatic rings. The van der Waals surface area contributed by atoms with Crippen molar-refractivity contribution in [1.82, 2.24) is 4.98 Å². The molecule has 0 radical (unpaired) electrons. The van der Waals surface area contributed by atoms with Crippen molar-refractivity contribution in [3.63, 3.8) is 0 Å². The van der Waals surface area contributed by atoms with Crippen LogP contribution in [0.5, 0.6) is 0 Å². The van der Waals surface area contributed by atoms with E-state index in [9.17, 15) is 13.2 Å². The van der Waals surface area contributed by atoms with Crippen LogP contribution in [-0.2, 0) is 19.0 Å². The van der Waals surface area contributed by atoms with Crippen LogP contribution >= 0.6 is 0 Å². The van der Waals surface area contributed by atoms with Crippen molar-refractivity contribution in [1.29, 1.82) is 0 Å². The van der Waals surface area contributed by atoms with Gasteiger partial charge in [-0.1, -0.05) is 29.7 Å². The van der Waals surface area contributed by atoms with E-state index < -0.39 is 16.1 Å². The zero-order valence-electron chi connectivity index (χ0n) is 15.5. The van der Waals surface area contributed by atoms with Gasteiger partial charge in [0.1, 0.15) is 5.69 Å². The average molecular weight is 387 g/mol. The van der Waals surface area contributed by atoms with Crippen molar-refractivity contribution in [2.24, 2.45) is 0 Å². The molecule has 2 aromatic rings. The lowest BCUT2D eigenvalue weighted by Gasteiger charge is -2.04. The highest BCUT2D eigenvalue weighted by Gasteiger charge is 2.14. The Hall–Kier alpha value is -2.69. The molecule has 0 unspecified atom stereocenters. The van der Waals surface area contributed by atoms with Crippen LogP contribution in [0.4, 0.5) is 0 Å². The number of aromatic nitrogens is 1. The molecule has 0 bridgehead atoms. The third-order valence-corrected chi connectivity index (χ3v) is 5.01. The van der Waals surface area contributed by atoms with Gasteiger partial charge >= 0.3 is 5.97 Å². The number of nitrogens with zero attached hydrogens (tertiary/aromatic N) is 1. The lowest BCUT2D eigenvalue weighted by molar-refractivity contribution is 0.0593. The van der Waals surface area contributed by atoms with Gasteiger partial charge in [-0.05, 0) is 50.0 Å². The van der Waals surface area contributed by atoms with E-state index in [-0.39, 0.29) is 17.2 Å². The summed E-state index contributed by atoms with van der Waals surface area (Å²) < 4.78 is 33.8. The summed E-state index contributed by atoms with van der Waals surface area (Å²) in [7, 11) is -2.45. The molecule has 0 fully saturated rings. The average Bonchev–Trinajstić information content (AvgIpc) is 2.65. The van der Waals surface area contributed by atoms with Gasteiger partial charge in [0.25, 0.3) is 10.1 Å². The maximum Gasteiger partial charge on any atom is 0.356 e. The van der Waals surface area contributed by atoms with Gasteiger partial charge in [0.05, 0.1) is 18.6 Å². The van der Waals surface area contributed by atoms with Crippen molar-refractivity contribution in [3.8, 4) is 11.8 Å². The molecule has 0 N–H and O–H groups in total. The van der Waals surface area contributed by atoms with E-state index in [4.69, 9.17) is 4.18 Å². The number of carbonyl (C=O) groups excluding carboxylic acids is 1. The highest BCUT2D eigenvalue weighted by atomic mass is 32.2. The summed E-state index contributed by atoms with van der Waals surface area (Å²) in [5.41, 5.74) is 2.37. The highest BCUT2D eigenvalue weighted by molar-refractivity contribution is 7.86. The molecule has 0 amide bonds. The second-order valence-corrected chi connectivity index (χ2v) is 7.46. The molecule has 0 atom stereocenters. The predicted molar refractivity (Wildman–Crippen MR) is 101 cm³/mol. The first-order valence-electron chi connectivity index (χ1n) is 8.34. The van der Waals surface area contributed by atoms with Gasteiger partial charge < -0.3 is 4.74 Å². The monoisotopic (exact) mass is 387 g/mol. The summed E-state index contributed by atoms with van der Waals surface area (Å²) in [6.45, 7) is 3.69. The minimum Gasteiger partial charge on any atom is -0.464 e. The number of benzene rings is 1. The van der Waals surface area contributed by atoms with Gasteiger partial charge in [-0.2, -0.15) is 8.42 Å². The molecular formula is C20H21NO5S. The summed E-state index contributed by atoms with van der Waals surface area (Å²) in [5.74, 6) is 5.24. The number of hydrogen-bond donors (Lipinski definition) is 0. The first-order chi connectivity index (χ1) is 12.8. The van der Waals surface area contributed by atoms with Gasteiger partial charge in [0.2, 0.25) is 0 Å². The third-order valence-electron chi connectivity index (χ3n) is 3.69. The van der Waals surface area contributed by atoms with E-state index in [1.807, 2.05) is 6.92 Å². The molecule has 2 rings (SSSR count). The highest BCUT2D eigenvalue weighted by Crippen LogP contribution is 2.13. The largest absolute Gasteiger partial charge is 0.464 e. The van der Waals surface area contributed by atoms with Gasteiger partial charge in [0.15, 0.2) is 5.69 Å². The normalized spacial score (nSPS) is 10.8. The lowest BCUT2D eigenvalue weighted by atomic mass is 10.2. The Bertz CT molecular complexity index is 970. The van der Waals surface area contributed by atoms with E-state index in [0.717, 1.165) is 5.56 Å². The Morgan fingerprint density at radius 3 is 2.48 bits per heavy atom. The number of aryl methyl sites for hydroxylation is 2. The zero-order valence-corrected chi connectivity index (χ0v) is 16.3. The molecule has 142 valence electrons. The quantitative estimate of drug-likeness (QED) is 0.328. The van der Waals surface area contributed by atoms with E-state index in [0.29, 0.717) is 24.1 Å². The fourth-order valence-corrected chi connectivity index (χ4v) is 3.10. The second-order valence-electron chi connectivity index (χ2n) is 5.85. The Morgan fingerprint density at radius 2 is 1.81 bits per heavy atom. The summed E-state index contributed by atoms with van der Waals surface area (Å²) in [6.07, 6.45) is 0.889. The van der Waals surface area contributed by atoms with E-state index >= 15 is 0 Å². The summed E-state index contributed by atoms with van der Waals surface area (Å²) in [6, 6.07) is 9.95. The van der Waals surface area contributed by atoms with Gasteiger partial charge in [-0.3, -0.25) is 4.18 Å². The maximum atomic E-state index is 12.0. The number of methoxy groups -OCH3 is 1. The second kappa shape index (κ2) is 9.31. The van der Waals surface area contributed by atoms with Crippen molar-refractivity contribution < 1.29 is 22.1 Å². The molecule has 1 aromatic heterocycles. The Morgan fingerprint density at radius 1 is 1.11 bits per heavy atom. The number of carbonyl (C=O) groups is 1. The number of unbranched alkanes of at least 4 members (excludes halogenated alkanes) is 1. The number of pyridine rings is 1. The molecule has 1 heterocycles. The molecule has 27 heavy (non-hydrogen) atoms. The van der Waals surface area contributed by atoms with Gasteiger partial charge in [0, 0.05) is 6.42 Å². The van der Waals surface area contributed by atoms with Crippen LogP contribution in [0.1, 0.15) is 40.2 Å². The van der Waals surface area contributed by atoms with Crippen molar-refractivity contribution in [2.45, 2.75) is 31.6 Å². The minimum atomic E-state index is -3.75. The van der Waals surface area contributed by atoms with Crippen LogP contribution in [0.2, 0.25) is 0 Å². The van der Waals surface area contributed by atoms with Crippen LogP contribution in [0.25, 0.3) is 0 Å². The first kappa shape index (κ1) is 20.6. The Labute approximate surface area is 159 Å². The maximum absolute atomic E-state index is 12.0. The molecule has 1 aromatic carbocycles. The Balaban J connectivity index is 1.87. The van der Waals surface area contributed by atoms with Crippen LogP contribution in [0.3, 0.4) is 0 Å². The molecule has 0 saturated carbocycles. The summed E-state index contributed by atoms with van der Waals surface area (Å²) >= 11 is 0. The van der Waals surface area contributed by atoms with Crippen molar-refractivity contribution >= 4 is 16.1 Å². The molecular weight excluding hydrogens is 366 g/mol. The fraction of sp³-hybridized carbons (Fsp3) is 0.300. The third kappa shape index (κ3) is 5.91. The van der Waals surface area contributed by atoms with Crippen molar-refractivity contribution in [3.05, 3.63) is 58.9 Å². The number of esters is 1. The van der Waals surface area contributed by atoms with E-state index in [2.05, 4.69) is 21.6 Å². The van der Waals surface area contributed by atoms with E-state index in [1.165, 1.54) is 19.2 Å². The number of rotatable bonds is 6. The smallest absolute Gasteiger partial charge is 0.356 e. The van der Waals surface area contributed by atoms with Gasteiger partial charge in [-0.15, -0.1) is 0 Å². The van der Waals surface area contributed by atoms with Crippen LogP contribution in [-0.4, -0.2) is 33.1 Å². The van der Waals surface area contributed by atoms with E-state index in [1.54, 1.807) is 31.2 Å².